The van der Waals surface area contributed by atoms with Gasteiger partial charge in [0.1, 0.15) is 18.7 Å². The Labute approximate surface area is 223 Å². The molecule has 4 N–H and O–H groups in total. The van der Waals surface area contributed by atoms with Crippen LogP contribution in [0.4, 0.5) is 4.79 Å². The lowest BCUT2D eigenvalue weighted by Crippen LogP contribution is -2.57. The van der Waals surface area contributed by atoms with Crippen molar-refractivity contribution in [3.05, 3.63) is 35.9 Å². The predicted octanol–water partition coefficient (Wildman–Crippen LogP) is 1.94. The summed E-state index contributed by atoms with van der Waals surface area (Å²) in [6, 6.07) is 6.27. The van der Waals surface area contributed by atoms with E-state index in [9.17, 15) is 24.0 Å². The van der Waals surface area contributed by atoms with Crippen molar-refractivity contribution < 1.29 is 28.7 Å². The predicted molar refractivity (Wildman–Crippen MR) is 141 cm³/mol. The molecule has 11 heteroatoms. The Balaban J connectivity index is 2.03. The number of amides is 4. The highest BCUT2D eigenvalue weighted by Gasteiger charge is 2.34. The van der Waals surface area contributed by atoms with Gasteiger partial charge in [0.15, 0.2) is 0 Å². The van der Waals surface area contributed by atoms with Gasteiger partial charge in [0.25, 0.3) is 0 Å². The van der Waals surface area contributed by atoms with Gasteiger partial charge in [-0.05, 0) is 36.7 Å². The summed E-state index contributed by atoms with van der Waals surface area (Å²) in [4.78, 5) is 62.7. The Morgan fingerprint density at radius 3 is 2.19 bits per heavy atom. The molecule has 1 saturated heterocycles. The van der Waals surface area contributed by atoms with Crippen LogP contribution in [-0.4, -0.2) is 53.6 Å². The summed E-state index contributed by atoms with van der Waals surface area (Å²) in [7, 11) is 0. The molecule has 0 aromatic heterocycles. The van der Waals surface area contributed by atoms with Gasteiger partial charge in [-0.3, -0.25) is 19.2 Å². The van der Waals surface area contributed by atoms with Crippen LogP contribution in [0, 0.1) is 17.8 Å². The monoisotopic (exact) mass is 534 g/mol. The number of nitrogens with one attached hydrogen (secondary N) is 4. The lowest BCUT2D eigenvalue weighted by Gasteiger charge is -2.27. The van der Waals surface area contributed by atoms with Crippen LogP contribution in [0.25, 0.3) is 0 Å². The zero-order valence-corrected chi connectivity index (χ0v) is 22.7. The molecule has 1 aliphatic heterocycles. The lowest BCUT2D eigenvalue weighted by atomic mass is 9.97. The molecular weight excluding hydrogens is 496 g/mol. The Morgan fingerprint density at radius 1 is 1.00 bits per heavy atom. The van der Waals surface area contributed by atoms with Gasteiger partial charge in [0.05, 0.1) is 6.04 Å². The van der Waals surface area contributed by atoms with Crippen LogP contribution in [-0.2, 0) is 30.5 Å². The minimum Gasteiger partial charge on any atom is -0.445 e. The van der Waals surface area contributed by atoms with E-state index in [0.717, 1.165) is 5.56 Å². The zero-order chi connectivity index (χ0) is 27.5. The van der Waals surface area contributed by atoms with Gasteiger partial charge < -0.3 is 26.0 Å². The average molecular weight is 535 g/mol. The van der Waals surface area contributed by atoms with Crippen LogP contribution in [0.2, 0.25) is 0 Å². The summed E-state index contributed by atoms with van der Waals surface area (Å²) < 4.78 is 5.24. The van der Waals surface area contributed by atoms with Gasteiger partial charge in [0.2, 0.25) is 22.8 Å². The van der Waals surface area contributed by atoms with E-state index in [4.69, 9.17) is 4.74 Å². The van der Waals surface area contributed by atoms with Crippen LogP contribution in [0.3, 0.4) is 0 Å². The van der Waals surface area contributed by atoms with Crippen molar-refractivity contribution in [3.8, 4) is 0 Å². The molecule has 1 heterocycles. The van der Waals surface area contributed by atoms with Crippen molar-refractivity contribution in [3.63, 3.8) is 0 Å². The highest BCUT2D eigenvalue weighted by molar-refractivity contribution is 7.96. The maximum Gasteiger partial charge on any atom is 0.408 e. The Kier molecular flexibility index (Phi) is 11.9. The second-order valence-corrected chi connectivity index (χ2v) is 10.5. The number of benzene rings is 1. The number of alkyl carbamates (subject to hydrolysis) is 1. The number of hydrogen-bond donors (Lipinski definition) is 5. The third-order valence-electron chi connectivity index (χ3n) is 6.07. The van der Waals surface area contributed by atoms with Crippen molar-refractivity contribution >= 4 is 41.6 Å². The fourth-order valence-corrected chi connectivity index (χ4v) is 4.21. The summed E-state index contributed by atoms with van der Waals surface area (Å²) in [6.07, 6.45) is 0.253. The molecule has 4 atom stereocenters. The summed E-state index contributed by atoms with van der Waals surface area (Å²) in [5.74, 6) is -1.90. The van der Waals surface area contributed by atoms with E-state index in [1.807, 2.05) is 44.2 Å². The maximum atomic E-state index is 13.1. The summed E-state index contributed by atoms with van der Waals surface area (Å²) in [6.45, 7) is 7.90. The van der Waals surface area contributed by atoms with E-state index in [0.29, 0.717) is 19.4 Å². The molecule has 0 spiro atoms. The number of carbonyl (C=O) groups is 5. The maximum absolute atomic E-state index is 13.1. The first-order chi connectivity index (χ1) is 17.5. The second kappa shape index (κ2) is 14.6. The van der Waals surface area contributed by atoms with E-state index in [1.165, 1.54) is 0 Å². The van der Waals surface area contributed by atoms with Crippen molar-refractivity contribution in [1.29, 1.82) is 0 Å². The fourth-order valence-electron chi connectivity index (χ4n) is 4.04. The molecule has 0 radical (unpaired) electrons. The lowest BCUT2D eigenvalue weighted by molar-refractivity contribution is -0.132. The molecule has 37 heavy (non-hydrogen) atoms. The van der Waals surface area contributed by atoms with Gasteiger partial charge in [-0.25, -0.2) is 4.79 Å². The number of rotatable bonds is 13. The molecule has 10 nitrogen and oxygen atoms in total. The molecule has 2 rings (SSSR count). The van der Waals surface area contributed by atoms with E-state index < -0.39 is 47.1 Å². The summed E-state index contributed by atoms with van der Waals surface area (Å²) in [5, 5.41) is 10.1. The molecular formula is C26H38N4O6S. The standard InChI is InChI=1S/C26H38N4O6S/c1-15(2)12-19(23(32)29-20(25(34)37)13-18-10-11-27-22(18)31)28-24(33)21(16(3)4)30-26(35)36-14-17-8-6-5-7-9-17/h5-9,15-16,18-21H,10-14H2,1-4H3,(H,27,31)(H,28,33)(H,29,32)(H,30,35)(H,34,37)/t18-,19-,20+,21-/m0/s1. The number of hydrogen-bond acceptors (Lipinski definition) is 6. The molecule has 0 saturated carbocycles. The van der Waals surface area contributed by atoms with Gasteiger partial charge in [-0.15, -0.1) is 12.6 Å². The first-order valence-corrected chi connectivity index (χ1v) is 13.0. The topological polar surface area (TPSA) is 143 Å². The SMILES string of the molecule is CC(C)C[C@H](NC(=O)[C@@H](NC(=O)OCc1ccccc1)C(C)C)C(=O)N[C@H](C[C@@H]1CCNC1=O)C(=O)S. The van der Waals surface area contributed by atoms with E-state index in [1.54, 1.807) is 13.8 Å². The summed E-state index contributed by atoms with van der Waals surface area (Å²) >= 11 is 3.89. The first kappa shape index (κ1) is 30.1. The molecule has 1 aliphatic rings. The van der Waals surface area contributed by atoms with Gasteiger partial charge in [-0.1, -0.05) is 58.0 Å². The number of ether oxygens (including phenoxy) is 1. The number of carbonyl (C=O) groups excluding carboxylic acids is 5. The Hall–Kier alpha value is -3.08. The molecule has 204 valence electrons. The largest absolute Gasteiger partial charge is 0.445 e. The normalized spacial score (nSPS) is 17.5. The molecule has 0 bridgehead atoms. The van der Waals surface area contributed by atoms with Crippen molar-refractivity contribution in [2.45, 2.75) is 71.7 Å². The molecule has 1 fully saturated rings. The third kappa shape index (κ3) is 10.1. The molecule has 0 aliphatic carbocycles. The van der Waals surface area contributed by atoms with Crippen molar-refractivity contribution in [1.82, 2.24) is 21.3 Å². The molecule has 0 unspecified atom stereocenters. The highest BCUT2D eigenvalue weighted by atomic mass is 32.1. The molecule has 4 amide bonds. The smallest absolute Gasteiger partial charge is 0.408 e. The third-order valence-corrected chi connectivity index (χ3v) is 6.38. The number of thiol groups is 1. The van der Waals surface area contributed by atoms with Crippen LogP contribution in [0.1, 0.15) is 52.5 Å². The van der Waals surface area contributed by atoms with Crippen LogP contribution in [0.5, 0.6) is 0 Å². The Morgan fingerprint density at radius 2 is 1.65 bits per heavy atom. The van der Waals surface area contributed by atoms with Gasteiger partial charge in [-0.2, -0.15) is 0 Å². The van der Waals surface area contributed by atoms with Crippen LogP contribution >= 0.6 is 12.6 Å². The van der Waals surface area contributed by atoms with Crippen molar-refractivity contribution in [2.24, 2.45) is 17.8 Å². The van der Waals surface area contributed by atoms with E-state index >= 15 is 0 Å². The highest BCUT2D eigenvalue weighted by Crippen LogP contribution is 2.18. The van der Waals surface area contributed by atoms with Crippen LogP contribution in [0.15, 0.2) is 30.3 Å². The fraction of sp³-hybridized carbons (Fsp3) is 0.577. The quantitative estimate of drug-likeness (QED) is 0.245. The summed E-state index contributed by atoms with van der Waals surface area (Å²) in [5.41, 5.74) is 0.806. The van der Waals surface area contributed by atoms with Gasteiger partial charge >= 0.3 is 6.09 Å². The zero-order valence-electron chi connectivity index (χ0n) is 21.8. The minimum atomic E-state index is -0.969. The van der Waals surface area contributed by atoms with E-state index in [2.05, 4.69) is 33.9 Å². The van der Waals surface area contributed by atoms with Gasteiger partial charge in [0, 0.05) is 12.5 Å². The van der Waals surface area contributed by atoms with E-state index in [-0.39, 0.29) is 30.8 Å². The Bertz CT molecular complexity index is 956. The van der Waals surface area contributed by atoms with Crippen LogP contribution < -0.4 is 21.3 Å². The minimum absolute atomic E-state index is 0.0445. The molecule has 1 aromatic rings. The second-order valence-electron chi connectivity index (χ2n) is 10.0. The average Bonchev–Trinajstić information content (AvgIpc) is 3.24. The van der Waals surface area contributed by atoms with Crippen molar-refractivity contribution in [2.75, 3.05) is 6.54 Å². The first-order valence-electron chi connectivity index (χ1n) is 12.6. The molecule has 1 aromatic carbocycles.